The molecule has 1 N–H and O–H groups in total. The molecule has 0 radical (unpaired) electrons. The second-order valence-corrected chi connectivity index (χ2v) is 5.72. The van der Waals surface area contributed by atoms with E-state index in [-0.39, 0.29) is 6.61 Å². The Balaban J connectivity index is 1.91. The van der Waals surface area contributed by atoms with E-state index in [1.165, 1.54) is 18.4 Å². The number of aliphatic hydroxyl groups is 1. The standard InChI is InChI=1S/C17H27NO3/c1-3-20-17-8-7-14(10-15(17)13-19)11-18(2)12-16-6-4-5-9-21-16/h7-8,10,16,19H,3-6,9,11-13H2,1-2H3/t16-/m0/s1. The zero-order chi connectivity index (χ0) is 15.1. The number of nitrogens with zero attached hydrogens (tertiary/aromatic N) is 1. The number of likely N-dealkylation sites (N-methyl/N-ethyl adjacent to an activating group) is 1. The molecule has 118 valence electrons. The molecule has 0 amide bonds. The Morgan fingerprint density at radius 3 is 2.90 bits per heavy atom. The van der Waals surface area contributed by atoms with Gasteiger partial charge in [0.25, 0.3) is 0 Å². The molecule has 1 aromatic rings. The molecule has 1 heterocycles. The minimum atomic E-state index is 0.0125. The fourth-order valence-electron chi connectivity index (χ4n) is 2.83. The van der Waals surface area contributed by atoms with Crippen LogP contribution in [0.3, 0.4) is 0 Å². The number of hydrogen-bond donors (Lipinski definition) is 1. The number of ether oxygens (including phenoxy) is 2. The van der Waals surface area contributed by atoms with Crippen molar-refractivity contribution >= 4 is 0 Å². The van der Waals surface area contributed by atoms with Crippen LogP contribution in [-0.2, 0) is 17.9 Å². The molecule has 0 bridgehead atoms. The predicted molar refractivity (Wildman–Crippen MR) is 83.5 cm³/mol. The van der Waals surface area contributed by atoms with E-state index in [0.29, 0.717) is 12.7 Å². The zero-order valence-corrected chi connectivity index (χ0v) is 13.2. The lowest BCUT2D eigenvalue weighted by molar-refractivity contribution is -0.00260. The largest absolute Gasteiger partial charge is 0.494 e. The fraction of sp³-hybridized carbons (Fsp3) is 0.647. The molecule has 0 aliphatic carbocycles. The number of benzene rings is 1. The maximum atomic E-state index is 9.45. The molecule has 1 atom stereocenters. The van der Waals surface area contributed by atoms with E-state index in [9.17, 15) is 5.11 Å². The summed E-state index contributed by atoms with van der Waals surface area (Å²) in [6.07, 6.45) is 3.99. The molecule has 0 saturated carbocycles. The van der Waals surface area contributed by atoms with Gasteiger partial charge >= 0.3 is 0 Å². The van der Waals surface area contributed by atoms with E-state index in [2.05, 4.69) is 18.0 Å². The molecular formula is C17H27NO3. The summed E-state index contributed by atoms with van der Waals surface area (Å²) in [4.78, 5) is 2.28. The fourth-order valence-corrected chi connectivity index (χ4v) is 2.83. The lowest BCUT2D eigenvalue weighted by atomic mass is 10.1. The topological polar surface area (TPSA) is 41.9 Å². The quantitative estimate of drug-likeness (QED) is 0.839. The van der Waals surface area contributed by atoms with Crippen molar-refractivity contribution in [1.29, 1.82) is 0 Å². The number of rotatable bonds is 7. The summed E-state index contributed by atoms with van der Waals surface area (Å²) in [6.45, 7) is 5.30. The van der Waals surface area contributed by atoms with Gasteiger partial charge < -0.3 is 14.6 Å². The van der Waals surface area contributed by atoms with Crippen molar-refractivity contribution in [3.8, 4) is 5.75 Å². The van der Waals surface area contributed by atoms with Crippen LogP contribution in [0.2, 0.25) is 0 Å². The van der Waals surface area contributed by atoms with Crippen molar-refractivity contribution in [3.63, 3.8) is 0 Å². The van der Waals surface area contributed by atoms with Crippen LogP contribution in [0, 0.1) is 0 Å². The van der Waals surface area contributed by atoms with Crippen molar-refractivity contribution in [3.05, 3.63) is 29.3 Å². The van der Waals surface area contributed by atoms with Gasteiger partial charge in [-0.3, -0.25) is 4.90 Å². The molecule has 2 rings (SSSR count). The first kappa shape index (κ1) is 16.3. The minimum absolute atomic E-state index is 0.0125. The first-order chi connectivity index (χ1) is 10.2. The Hall–Kier alpha value is -1.10. The third kappa shape index (κ3) is 4.99. The average Bonchev–Trinajstić information content (AvgIpc) is 2.50. The second-order valence-electron chi connectivity index (χ2n) is 5.72. The molecule has 1 aliphatic heterocycles. The SMILES string of the molecule is CCOc1ccc(CN(C)C[C@@H]2CCCCO2)cc1CO. The molecule has 0 unspecified atom stereocenters. The van der Waals surface area contributed by atoms with Crippen LogP contribution in [0.15, 0.2) is 18.2 Å². The van der Waals surface area contributed by atoms with Gasteiger partial charge in [0.2, 0.25) is 0 Å². The van der Waals surface area contributed by atoms with E-state index in [0.717, 1.165) is 37.4 Å². The van der Waals surface area contributed by atoms with Crippen LogP contribution >= 0.6 is 0 Å². The molecule has 0 spiro atoms. The summed E-state index contributed by atoms with van der Waals surface area (Å²) in [7, 11) is 2.12. The summed E-state index contributed by atoms with van der Waals surface area (Å²) in [5.41, 5.74) is 2.05. The van der Waals surface area contributed by atoms with Gasteiger partial charge in [-0.2, -0.15) is 0 Å². The maximum absolute atomic E-state index is 9.45. The van der Waals surface area contributed by atoms with Crippen molar-refractivity contribution in [2.75, 3.05) is 26.8 Å². The van der Waals surface area contributed by atoms with Crippen LogP contribution in [0.4, 0.5) is 0 Å². The van der Waals surface area contributed by atoms with Crippen LogP contribution in [-0.4, -0.2) is 42.9 Å². The first-order valence-corrected chi connectivity index (χ1v) is 7.88. The Labute approximate surface area is 127 Å². The van der Waals surface area contributed by atoms with Gasteiger partial charge in [0, 0.05) is 25.3 Å². The van der Waals surface area contributed by atoms with Crippen molar-refractivity contribution in [1.82, 2.24) is 4.90 Å². The highest BCUT2D eigenvalue weighted by atomic mass is 16.5. The molecule has 1 fully saturated rings. The molecule has 21 heavy (non-hydrogen) atoms. The van der Waals surface area contributed by atoms with Crippen molar-refractivity contribution < 1.29 is 14.6 Å². The number of aliphatic hydroxyl groups excluding tert-OH is 1. The van der Waals surface area contributed by atoms with E-state index in [1.807, 2.05) is 19.1 Å². The third-order valence-corrected chi connectivity index (χ3v) is 3.84. The lowest BCUT2D eigenvalue weighted by Crippen LogP contribution is -2.33. The molecule has 1 aromatic carbocycles. The summed E-state index contributed by atoms with van der Waals surface area (Å²) < 4.78 is 11.3. The molecule has 0 aromatic heterocycles. The molecule has 1 aliphatic rings. The van der Waals surface area contributed by atoms with Gasteiger partial charge in [-0.25, -0.2) is 0 Å². The van der Waals surface area contributed by atoms with Crippen LogP contribution < -0.4 is 4.74 Å². The highest BCUT2D eigenvalue weighted by Crippen LogP contribution is 2.21. The monoisotopic (exact) mass is 293 g/mol. The summed E-state index contributed by atoms with van der Waals surface area (Å²) in [5.74, 6) is 0.780. The molecule has 4 heteroatoms. The molecule has 1 saturated heterocycles. The van der Waals surface area contributed by atoms with Crippen LogP contribution in [0.25, 0.3) is 0 Å². The average molecular weight is 293 g/mol. The Morgan fingerprint density at radius 2 is 2.24 bits per heavy atom. The second kappa shape index (κ2) is 8.37. The van der Waals surface area contributed by atoms with Gasteiger partial charge in [-0.1, -0.05) is 6.07 Å². The normalized spacial score (nSPS) is 19.0. The van der Waals surface area contributed by atoms with Gasteiger partial charge in [0.15, 0.2) is 0 Å². The predicted octanol–water partition coefficient (Wildman–Crippen LogP) is 2.58. The van der Waals surface area contributed by atoms with Crippen LogP contribution in [0.5, 0.6) is 5.75 Å². The first-order valence-electron chi connectivity index (χ1n) is 7.88. The highest BCUT2D eigenvalue weighted by molar-refractivity contribution is 5.36. The van der Waals surface area contributed by atoms with E-state index in [4.69, 9.17) is 9.47 Å². The van der Waals surface area contributed by atoms with E-state index < -0.39 is 0 Å². The molecule has 4 nitrogen and oxygen atoms in total. The summed E-state index contributed by atoms with van der Waals surface area (Å²) in [5, 5.41) is 9.45. The number of hydrogen-bond acceptors (Lipinski definition) is 4. The Kier molecular flexibility index (Phi) is 6.49. The zero-order valence-electron chi connectivity index (χ0n) is 13.2. The Morgan fingerprint density at radius 1 is 1.38 bits per heavy atom. The summed E-state index contributed by atoms with van der Waals surface area (Å²) >= 11 is 0. The highest BCUT2D eigenvalue weighted by Gasteiger charge is 2.16. The minimum Gasteiger partial charge on any atom is -0.494 e. The van der Waals surface area contributed by atoms with Gasteiger partial charge in [-0.05, 0) is 50.9 Å². The van der Waals surface area contributed by atoms with E-state index in [1.54, 1.807) is 0 Å². The van der Waals surface area contributed by atoms with Gasteiger partial charge in [-0.15, -0.1) is 0 Å². The lowest BCUT2D eigenvalue weighted by Gasteiger charge is -2.27. The smallest absolute Gasteiger partial charge is 0.124 e. The third-order valence-electron chi connectivity index (χ3n) is 3.84. The van der Waals surface area contributed by atoms with Gasteiger partial charge in [0.05, 0.1) is 19.3 Å². The van der Waals surface area contributed by atoms with Crippen molar-refractivity contribution in [2.45, 2.75) is 45.4 Å². The molecular weight excluding hydrogens is 266 g/mol. The maximum Gasteiger partial charge on any atom is 0.124 e. The van der Waals surface area contributed by atoms with Crippen LogP contribution in [0.1, 0.15) is 37.3 Å². The van der Waals surface area contributed by atoms with Crippen molar-refractivity contribution in [2.24, 2.45) is 0 Å². The van der Waals surface area contributed by atoms with E-state index >= 15 is 0 Å². The Bertz CT molecular complexity index is 430. The summed E-state index contributed by atoms with van der Waals surface area (Å²) in [6, 6.07) is 6.06. The van der Waals surface area contributed by atoms with Gasteiger partial charge in [0.1, 0.15) is 5.75 Å².